The van der Waals surface area contributed by atoms with Crippen LogP contribution >= 0.6 is 0 Å². The van der Waals surface area contributed by atoms with Gasteiger partial charge in [0, 0.05) is 31.7 Å². The van der Waals surface area contributed by atoms with E-state index in [1.807, 2.05) is 57.8 Å². The first-order valence-electron chi connectivity index (χ1n) is 14.4. The van der Waals surface area contributed by atoms with E-state index in [1.54, 1.807) is 6.07 Å². The molecule has 1 aliphatic heterocycles. The third-order valence-corrected chi connectivity index (χ3v) is 9.40. The standard InChI is InChI=1S/C32H41N5O5S/c1-8-42-26-11-9-10-22(21-26)23-18-24(20-25(19-23)31(2,3)4)30(39)37-16-14-36(15-17-37)28-13-12-27(33-34-28)29(38)35-43(40,41)32(5,6)7/h9-13,18-21H,8,14-17H2,1-7H3,(H,35,38). The van der Waals surface area contributed by atoms with E-state index in [2.05, 4.69) is 37.0 Å². The Kier molecular flexibility index (Phi) is 9.15. The minimum absolute atomic E-state index is 0.0360. The number of nitrogens with zero attached hydrogens (tertiary/aromatic N) is 4. The summed E-state index contributed by atoms with van der Waals surface area (Å²) in [7, 11) is -3.87. The molecule has 1 aliphatic rings. The van der Waals surface area contributed by atoms with Gasteiger partial charge in [0.2, 0.25) is 10.0 Å². The zero-order valence-electron chi connectivity index (χ0n) is 26.0. The van der Waals surface area contributed by atoms with E-state index in [1.165, 1.54) is 26.8 Å². The molecule has 10 nitrogen and oxygen atoms in total. The van der Waals surface area contributed by atoms with E-state index in [9.17, 15) is 18.0 Å². The van der Waals surface area contributed by atoms with Gasteiger partial charge < -0.3 is 14.5 Å². The number of carbonyl (C=O) groups is 2. The highest BCUT2D eigenvalue weighted by Crippen LogP contribution is 2.31. The highest BCUT2D eigenvalue weighted by atomic mass is 32.2. The van der Waals surface area contributed by atoms with Crippen LogP contribution in [-0.4, -0.2) is 72.9 Å². The van der Waals surface area contributed by atoms with E-state index >= 15 is 0 Å². The van der Waals surface area contributed by atoms with E-state index in [0.717, 1.165) is 22.4 Å². The number of amides is 2. The average Bonchev–Trinajstić information content (AvgIpc) is 2.96. The lowest BCUT2D eigenvalue weighted by Crippen LogP contribution is -2.49. The van der Waals surface area contributed by atoms with Crippen molar-refractivity contribution in [1.82, 2.24) is 19.8 Å². The zero-order valence-corrected chi connectivity index (χ0v) is 26.8. The predicted molar refractivity (Wildman–Crippen MR) is 168 cm³/mol. The SMILES string of the molecule is CCOc1cccc(-c2cc(C(=O)N3CCN(c4ccc(C(=O)NS(=O)(=O)C(C)(C)C)nn4)CC3)cc(C(C)(C)C)c2)c1. The number of carbonyl (C=O) groups excluding carboxylic acids is 2. The van der Waals surface area contributed by atoms with Crippen molar-refractivity contribution in [2.24, 2.45) is 0 Å². The Morgan fingerprint density at radius 2 is 1.58 bits per heavy atom. The molecule has 4 rings (SSSR count). The van der Waals surface area contributed by atoms with Crippen LogP contribution in [0.5, 0.6) is 5.75 Å². The number of ether oxygens (including phenoxy) is 1. The van der Waals surface area contributed by atoms with E-state index in [4.69, 9.17) is 4.74 Å². The molecule has 0 bridgehead atoms. The molecule has 0 atom stereocenters. The molecular formula is C32H41N5O5S. The number of piperazine rings is 1. The molecule has 2 amide bonds. The van der Waals surface area contributed by atoms with Crippen molar-refractivity contribution in [3.8, 4) is 16.9 Å². The van der Waals surface area contributed by atoms with Gasteiger partial charge >= 0.3 is 0 Å². The Labute approximate surface area is 254 Å². The number of nitrogens with one attached hydrogen (secondary N) is 1. The predicted octanol–water partition coefficient (Wildman–Crippen LogP) is 4.66. The van der Waals surface area contributed by atoms with Gasteiger partial charge in [-0.25, -0.2) is 13.1 Å². The molecule has 2 aromatic carbocycles. The summed E-state index contributed by atoms with van der Waals surface area (Å²) in [5, 5.41) is 8.11. The van der Waals surface area contributed by atoms with Crippen LogP contribution in [0.1, 0.15) is 74.9 Å². The van der Waals surface area contributed by atoms with Crippen molar-refractivity contribution >= 4 is 27.7 Å². The molecule has 0 aliphatic carbocycles. The van der Waals surface area contributed by atoms with Crippen molar-refractivity contribution in [3.05, 3.63) is 71.4 Å². The number of benzene rings is 2. The van der Waals surface area contributed by atoms with Gasteiger partial charge in [-0.05, 0) is 86.2 Å². The summed E-state index contributed by atoms with van der Waals surface area (Å²) in [6.45, 7) is 15.5. The van der Waals surface area contributed by atoms with E-state index in [0.29, 0.717) is 44.2 Å². The number of sulfonamides is 1. The van der Waals surface area contributed by atoms with E-state index in [-0.39, 0.29) is 17.0 Å². The molecule has 43 heavy (non-hydrogen) atoms. The second-order valence-corrected chi connectivity index (χ2v) is 15.0. The van der Waals surface area contributed by atoms with Crippen molar-refractivity contribution in [3.63, 3.8) is 0 Å². The van der Waals surface area contributed by atoms with Gasteiger partial charge in [0.25, 0.3) is 11.8 Å². The van der Waals surface area contributed by atoms with Crippen LogP contribution < -0.4 is 14.4 Å². The largest absolute Gasteiger partial charge is 0.494 e. The Morgan fingerprint density at radius 3 is 2.16 bits per heavy atom. The van der Waals surface area contributed by atoms with Crippen LogP contribution in [0.3, 0.4) is 0 Å². The maximum atomic E-state index is 13.7. The minimum Gasteiger partial charge on any atom is -0.494 e. The van der Waals surface area contributed by atoms with Gasteiger partial charge in [0.1, 0.15) is 5.75 Å². The number of aromatic nitrogens is 2. The Morgan fingerprint density at radius 1 is 0.884 bits per heavy atom. The fraction of sp³-hybridized carbons (Fsp3) is 0.438. The van der Waals surface area contributed by atoms with Crippen LogP contribution in [0.4, 0.5) is 5.82 Å². The monoisotopic (exact) mass is 607 g/mol. The van der Waals surface area contributed by atoms with Crippen molar-refractivity contribution in [2.45, 2.75) is 58.6 Å². The van der Waals surface area contributed by atoms with Crippen molar-refractivity contribution in [1.29, 1.82) is 0 Å². The molecule has 2 heterocycles. The fourth-order valence-corrected chi connectivity index (χ4v) is 5.20. The number of hydrogen-bond donors (Lipinski definition) is 1. The van der Waals surface area contributed by atoms with Crippen LogP contribution in [0.15, 0.2) is 54.6 Å². The highest BCUT2D eigenvalue weighted by molar-refractivity contribution is 7.91. The molecule has 230 valence electrons. The molecule has 11 heteroatoms. The van der Waals surface area contributed by atoms with Crippen LogP contribution in [0.25, 0.3) is 11.1 Å². The number of rotatable bonds is 7. The number of hydrogen-bond acceptors (Lipinski definition) is 8. The quantitative estimate of drug-likeness (QED) is 0.412. The first-order chi connectivity index (χ1) is 20.1. The minimum atomic E-state index is -3.87. The summed E-state index contributed by atoms with van der Waals surface area (Å²) in [6, 6.07) is 17.1. The highest BCUT2D eigenvalue weighted by Gasteiger charge is 2.32. The molecule has 1 fully saturated rings. The van der Waals surface area contributed by atoms with Crippen molar-refractivity contribution in [2.75, 3.05) is 37.7 Å². The lowest BCUT2D eigenvalue weighted by atomic mass is 9.84. The van der Waals surface area contributed by atoms with Gasteiger partial charge in [0.15, 0.2) is 11.5 Å². The van der Waals surface area contributed by atoms with Gasteiger partial charge in [-0.1, -0.05) is 39.0 Å². The molecule has 1 saturated heterocycles. The molecule has 1 N–H and O–H groups in total. The molecule has 0 spiro atoms. The summed E-state index contributed by atoms with van der Waals surface area (Å²) in [5.41, 5.74) is 3.42. The summed E-state index contributed by atoms with van der Waals surface area (Å²) in [5.74, 6) is 0.474. The Hall–Kier alpha value is -3.99. The first-order valence-corrected chi connectivity index (χ1v) is 15.9. The summed E-state index contributed by atoms with van der Waals surface area (Å²) < 4.78 is 31.2. The third kappa shape index (κ3) is 7.51. The van der Waals surface area contributed by atoms with Crippen LogP contribution in [0.2, 0.25) is 0 Å². The lowest BCUT2D eigenvalue weighted by molar-refractivity contribution is 0.0746. The molecule has 0 saturated carbocycles. The summed E-state index contributed by atoms with van der Waals surface area (Å²) in [6.07, 6.45) is 0. The molecule has 1 aromatic heterocycles. The van der Waals surface area contributed by atoms with Gasteiger partial charge in [0.05, 0.1) is 11.4 Å². The van der Waals surface area contributed by atoms with Gasteiger partial charge in [-0.3, -0.25) is 9.59 Å². The average molecular weight is 608 g/mol. The Balaban J connectivity index is 1.47. The molecule has 0 unspecified atom stereocenters. The maximum Gasteiger partial charge on any atom is 0.285 e. The maximum absolute atomic E-state index is 13.7. The van der Waals surface area contributed by atoms with Crippen LogP contribution in [0, 0.1) is 0 Å². The van der Waals surface area contributed by atoms with Gasteiger partial charge in [-0.2, -0.15) is 0 Å². The summed E-state index contributed by atoms with van der Waals surface area (Å²) in [4.78, 5) is 30.0. The first kappa shape index (κ1) is 31.9. The third-order valence-electron chi connectivity index (χ3n) is 7.33. The second kappa shape index (κ2) is 12.3. The van der Waals surface area contributed by atoms with E-state index < -0.39 is 20.7 Å². The molecule has 3 aromatic rings. The second-order valence-electron chi connectivity index (χ2n) is 12.6. The Bertz CT molecular complexity index is 1580. The lowest BCUT2D eigenvalue weighted by Gasteiger charge is -2.35. The fourth-order valence-electron chi connectivity index (χ4n) is 4.55. The normalized spacial score (nSPS) is 14.4. The van der Waals surface area contributed by atoms with Crippen LogP contribution in [-0.2, 0) is 15.4 Å². The van der Waals surface area contributed by atoms with Gasteiger partial charge in [-0.15, -0.1) is 10.2 Å². The molecule has 0 radical (unpaired) electrons. The van der Waals surface area contributed by atoms with Crippen molar-refractivity contribution < 1.29 is 22.7 Å². The molecular weight excluding hydrogens is 566 g/mol. The topological polar surface area (TPSA) is 122 Å². The zero-order chi connectivity index (χ0) is 31.6. The smallest absolute Gasteiger partial charge is 0.285 e. The summed E-state index contributed by atoms with van der Waals surface area (Å²) >= 11 is 0. The number of anilines is 1.